The van der Waals surface area contributed by atoms with Crippen molar-refractivity contribution in [3.8, 4) is 0 Å². The van der Waals surface area contributed by atoms with Crippen molar-refractivity contribution in [2.75, 3.05) is 5.75 Å². The zero-order valence-corrected chi connectivity index (χ0v) is 20.5. The summed E-state index contributed by atoms with van der Waals surface area (Å²) in [6.45, 7) is 5.25. The first-order valence-corrected chi connectivity index (χ1v) is 13.2. The molecule has 0 spiro atoms. The van der Waals surface area contributed by atoms with Crippen LogP contribution in [-0.4, -0.2) is 26.9 Å². The molecule has 5 rings (SSSR count). The van der Waals surface area contributed by atoms with Gasteiger partial charge in [0.2, 0.25) is 0 Å². The van der Waals surface area contributed by atoms with E-state index in [1.54, 1.807) is 28.1 Å². The van der Waals surface area contributed by atoms with E-state index < -0.39 is 0 Å². The summed E-state index contributed by atoms with van der Waals surface area (Å²) < 4.78 is 2.29. The highest BCUT2D eigenvalue weighted by molar-refractivity contribution is 8.00. The molecule has 0 bridgehead atoms. The second kappa shape index (κ2) is 9.57. The molecule has 33 heavy (non-hydrogen) atoms. The van der Waals surface area contributed by atoms with Crippen LogP contribution in [0.4, 0.5) is 0 Å². The maximum absolute atomic E-state index is 13.4. The smallest absolute Gasteiger partial charge is 0.253 e. The number of amides is 1. The number of rotatable bonds is 7. The van der Waals surface area contributed by atoms with Crippen LogP contribution < -0.4 is 0 Å². The molecular formula is C27H27N3OS2. The molecular weight excluding hydrogens is 446 g/mol. The molecule has 1 aliphatic rings. The fraction of sp³-hybridized carbons (Fsp3) is 0.259. The van der Waals surface area contributed by atoms with E-state index in [1.165, 1.54) is 16.5 Å². The van der Waals surface area contributed by atoms with Crippen LogP contribution in [0.25, 0.3) is 10.9 Å². The lowest BCUT2D eigenvalue weighted by Gasteiger charge is -2.22. The van der Waals surface area contributed by atoms with E-state index in [-0.39, 0.29) is 11.9 Å². The average molecular weight is 474 g/mol. The van der Waals surface area contributed by atoms with Gasteiger partial charge in [-0.2, -0.15) is 5.10 Å². The lowest BCUT2D eigenvalue weighted by molar-refractivity contribution is -0.130. The third kappa shape index (κ3) is 4.50. The maximum Gasteiger partial charge on any atom is 0.253 e. The van der Waals surface area contributed by atoms with Crippen molar-refractivity contribution in [2.45, 2.75) is 44.2 Å². The topological polar surface area (TPSA) is 37.6 Å². The Morgan fingerprint density at radius 1 is 1.12 bits per heavy atom. The van der Waals surface area contributed by atoms with Gasteiger partial charge in [-0.1, -0.05) is 61.0 Å². The van der Waals surface area contributed by atoms with Gasteiger partial charge < -0.3 is 4.57 Å². The number of carbonyl (C=O) groups is 1. The first kappa shape index (κ1) is 22.0. The summed E-state index contributed by atoms with van der Waals surface area (Å²) in [5.74, 6) is 0.411. The van der Waals surface area contributed by atoms with Crippen molar-refractivity contribution >= 4 is 45.6 Å². The first-order chi connectivity index (χ1) is 16.1. The number of benzene rings is 2. The molecule has 1 atom stereocenters. The van der Waals surface area contributed by atoms with Gasteiger partial charge in [-0.05, 0) is 36.4 Å². The highest BCUT2D eigenvalue weighted by Crippen LogP contribution is 2.36. The van der Waals surface area contributed by atoms with Gasteiger partial charge in [0.15, 0.2) is 0 Å². The molecule has 6 heteroatoms. The molecule has 0 saturated heterocycles. The minimum absolute atomic E-state index is 0.0458. The lowest BCUT2D eigenvalue weighted by Crippen LogP contribution is -2.28. The Labute approximate surface area is 202 Å². The van der Waals surface area contributed by atoms with Gasteiger partial charge in [0.25, 0.3) is 5.91 Å². The van der Waals surface area contributed by atoms with E-state index in [2.05, 4.69) is 84.6 Å². The third-order valence-corrected chi connectivity index (χ3v) is 7.95. The van der Waals surface area contributed by atoms with Crippen LogP contribution in [0.3, 0.4) is 0 Å². The molecule has 1 amide bonds. The number of aryl methyl sites for hydroxylation is 2. The fourth-order valence-electron chi connectivity index (χ4n) is 4.34. The molecule has 3 heterocycles. The summed E-state index contributed by atoms with van der Waals surface area (Å²) >= 11 is 3.29. The number of thiophene rings is 1. The summed E-state index contributed by atoms with van der Waals surface area (Å²) in [6, 6.07) is 21.0. The van der Waals surface area contributed by atoms with Crippen molar-refractivity contribution in [1.82, 2.24) is 9.58 Å². The lowest BCUT2D eigenvalue weighted by atomic mass is 10.00. The summed E-state index contributed by atoms with van der Waals surface area (Å²) in [5, 5.41) is 9.80. The van der Waals surface area contributed by atoms with Crippen LogP contribution in [0.5, 0.6) is 0 Å². The normalized spacial score (nSPS) is 15.9. The minimum Gasteiger partial charge on any atom is -0.346 e. The van der Waals surface area contributed by atoms with Crippen LogP contribution in [0.1, 0.15) is 41.8 Å². The number of nitrogens with zero attached hydrogens (tertiary/aromatic N) is 3. The quantitative estimate of drug-likeness (QED) is 0.274. The van der Waals surface area contributed by atoms with Crippen LogP contribution >= 0.6 is 23.1 Å². The van der Waals surface area contributed by atoms with Crippen LogP contribution in [0, 0.1) is 6.92 Å². The van der Waals surface area contributed by atoms with E-state index in [0.29, 0.717) is 5.75 Å². The van der Waals surface area contributed by atoms with Gasteiger partial charge in [-0.25, -0.2) is 5.01 Å². The molecule has 0 unspecified atom stereocenters. The van der Waals surface area contributed by atoms with Gasteiger partial charge in [0, 0.05) is 35.0 Å². The van der Waals surface area contributed by atoms with Crippen molar-refractivity contribution < 1.29 is 4.79 Å². The Morgan fingerprint density at radius 2 is 1.94 bits per heavy atom. The molecule has 4 aromatic rings. The Morgan fingerprint density at radius 3 is 2.70 bits per heavy atom. The maximum atomic E-state index is 13.4. The highest BCUT2D eigenvalue weighted by atomic mass is 32.2. The van der Waals surface area contributed by atoms with E-state index in [0.717, 1.165) is 40.4 Å². The van der Waals surface area contributed by atoms with E-state index in [4.69, 9.17) is 5.10 Å². The van der Waals surface area contributed by atoms with Crippen LogP contribution in [0.2, 0.25) is 0 Å². The second-order valence-corrected chi connectivity index (χ2v) is 10.4. The predicted molar refractivity (Wildman–Crippen MR) is 139 cm³/mol. The molecule has 0 radical (unpaired) electrons. The zero-order valence-electron chi connectivity index (χ0n) is 18.9. The van der Waals surface area contributed by atoms with Crippen molar-refractivity contribution in [1.29, 1.82) is 0 Å². The van der Waals surface area contributed by atoms with Gasteiger partial charge in [0.1, 0.15) is 0 Å². The molecule has 0 fully saturated rings. The van der Waals surface area contributed by atoms with E-state index in [9.17, 15) is 4.79 Å². The number of aromatic nitrogens is 1. The summed E-state index contributed by atoms with van der Waals surface area (Å²) in [5.41, 5.74) is 4.57. The van der Waals surface area contributed by atoms with Crippen molar-refractivity contribution in [3.63, 3.8) is 0 Å². The Kier molecular flexibility index (Phi) is 6.38. The van der Waals surface area contributed by atoms with Crippen LogP contribution in [0.15, 0.2) is 82.2 Å². The fourth-order valence-corrected chi connectivity index (χ4v) is 6.00. The summed E-state index contributed by atoms with van der Waals surface area (Å²) in [7, 11) is 0. The van der Waals surface area contributed by atoms with Crippen molar-refractivity contribution in [2.24, 2.45) is 5.10 Å². The summed E-state index contributed by atoms with van der Waals surface area (Å²) in [6.07, 6.45) is 4.01. The minimum atomic E-state index is -0.0581. The molecule has 2 aromatic carbocycles. The molecule has 2 aromatic heterocycles. The third-order valence-electron chi connectivity index (χ3n) is 6.00. The molecule has 0 aliphatic carbocycles. The Hall–Kier alpha value is -2.83. The number of hydrogen-bond acceptors (Lipinski definition) is 4. The van der Waals surface area contributed by atoms with Gasteiger partial charge in [0.05, 0.1) is 22.4 Å². The zero-order chi connectivity index (χ0) is 22.8. The average Bonchev–Trinajstić information content (AvgIpc) is 3.58. The SMILES string of the molecule is CCCn1cc(SCC(=O)N2N=C(c3cccs3)C[C@H]2c2ccc(C)cc2)c2ccccc21. The molecule has 4 nitrogen and oxygen atoms in total. The van der Waals surface area contributed by atoms with E-state index in [1.807, 2.05) is 6.07 Å². The molecule has 0 N–H and O–H groups in total. The second-order valence-electron chi connectivity index (χ2n) is 8.39. The standard InChI is InChI=1S/C27H27N3OS2/c1-3-14-29-17-26(21-7-4-5-8-23(21)29)33-18-27(31)30-24(20-12-10-19(2)11-13-20)16-22(28-30)25-9-6-15-32-25/h4-13,15,17,24H,3,14,16,18H2,1-2H3/t24-/m0/s1. The first-order valence-electron chi connectivity index (χ1n) is 11.3. The monoisotopic (exact) mass is 473 g/mol. The van der Waals surface area contributed by atoms with Gasteiger partial charge >= 0.3 is 0 Å². The van der Waals surface area contributed by atoms with E-state index >= 15 is 0 Å². The number of para-hydroxylation sites is 1. The number of carbonyl (C=O) groups excluding carboxylic acids is 1. The molecule has 168 valence electrons. The predicted octanol–water partition coefficient (Wildman–Crippen LogP) is 6.89. The Bertz CT molecular complexity index is 1290. The molecule has 0 saturated carbocycles. The van der Waals surface area contributed by atoms with Gasteiger partial charge in [-0.15, -0.1) is 23.1 Å². The van der Waals surface area contributed by atoms with Crippen LogP contribution in [-0.2, 0) is 11.3 Å². The number of thioether (sulfide) groups is 1. The summed E-state index contributed by atoms with van der Waals surface area (Å²) in [4.78, 5) is 15.7. The largest absolute Gasteiger partial charge is 0.346 e. The Balaban J connectivity index is 1.39. The van der Waals surface area contributed by atoms with Gasteiger partial charge in [-0.3, -0.25) is 4.79 Å². The van der Waals surface area contributed by atoms with Crippen molar-refractivity contribution in [3.05, 3.63) is 88.2 Å². The highest BCUT2D eigenvalue weighted by Gasteiger charge is 2.33. The number of fused-ring (bicyclic) bond motifs is 1. The number of hydrogen-bond donors (Lipinski definition) is 0. The number of hydrazone groups is 1. The molecule has 1 aliphatic heterocycles.